The standard InChI is InChI=1S/C16H24N2O3S/c1-10(2)16(14(20)21)6-7-18(9-16)12(19)11-8-22-13(17-11)15(3,4)5/h8,10H,6-7,9H2,1-5H3,(H,20,21). The van der Waals surface area contributed by atoms with Crippen LogP contribution in [0, 0.1) is 11.3 Å². The molecule has 22 heavy (non-hydrogen) atoms. The number of hydrogen-bond acceptors (Lipinski definition) is 4. The van der Waals surface area contributed by atoms with Crippen LogP contribution in [0.2, 0.25) is 0 Å². The smallest absolute Gasteiger partial charge is 0.311 e. The maximum atomic E-state index is 12.6. The van der Waals surface area contributed by atoms with Crippen molar-refractivity contribution in [3.63, 3.8) is 0 Å². The molecule has 1 amide bonds. The second kappa shape index (κ2) is 5.65. The van der Waals surface area contributed by atoms with Gasteiger partial charge in [0.25, 0.3) is 5.91 Å². The van der Waals surface area contributed by atoms with Gasteiger partial charge in [0.1, 0.15) is 5.69 Å². The Morgan fingerprint density at radius 3 is 2.45 bits per heavy atom. The number of hydrogen-bond donors (Lipinski definition) is 1. The van der Waals surface area contributed by atoms with E-state index in [1.54, 1.807) is 10.3 Å². The van der Waals surface area contributed by atoms with Crippen LogP contribution in [0.3, 0.4) is 0 Å². The first-order valence-corrected chi connectivity index (χ1v) is 8.44. The number of thiazole rings is 1. The molecule has 1 fully saturated rings. The molecule has 1 aromatic heterocycles. The molecule has 0 spiro atoms. The van der Waals surface area contributed by atoms with Crippen LogP contribution in [0.15, 0.2) is 5.38 Å². The van der Waals surface area contributed by atoms with Crippen LogP contribution in [0.25, 0.3) is 0 Å². The Morgan fingerprint density at radius 2 is 2.05 bits per heavy atom. The topological polar surface area (TPSA) is 70.5 Å². The first-order valence-electron chi connectivity index (χ1n) is 7.56. The summed E-state index contributed by atoms with van der Waals surface area (Å²) in [5.41, 5.74) is -0.491. The molecule has 6 heteroatoms. The number of carboxylic acid groups (broad SMARTS) is 1. The van der Waals surface area contributed by atoms with Crippen LogP contribution < -0.4 is 0 Å². The van der Waals surface area contributed by atoms with Crippen molar-refractivity contribution < 1.29 is 14.7 Å². The van der Waals surface area contributed by atoms with E-state index in [-0.39, 0.29) is 23.8 Å². The number of carboxylic acids is 1. The zero-order chi connectivity index (χ0) is 16.7. The van der Waals surface area contributed by atoms with Gasteiger partial charge in [-0.3, -0.25) is 9.59 Å². The molecular weight excluding hydrogens is 300 g/mol. The van der Waals surface area contributed by atoms with Crippen LogP contribution in [-0.4, -0.2) is 40.0 Å². The molecule has 1 N–H and O–H groups in total. The Bertz CT molecular complexity index is 588. The van der Waals surface area contributed by atoms with Crippen molar-refractivity contribution in [1.29, 1.82) is 0 Å². The fraction of sp³-hybridized carbons (Fsp3) is 0.688. The molecule has 5 nitrogen and oxygen atoms in total. The molecular formula is C16H24N2O3S. The van der Waals surface area contributed by atoms with Gasteiger partial charge >= 0.3 is 5.97 Å². The van der Waals surface area contributed by atoms with Crippen molar-refractivity contribution >= 4 is 23.2 Å². The predicted octanol–water partition coefficient (Wildman–Crippen LogP) is 3.01. The van der Waals surface area contributed by atoms with Crippen LogP contribution in [0.4, 0.5) is 0 Å². The number of carbonyl (C=O) groups is 2. The summed E-state index contributed by atoms with van der Waals surface area (Å²) in [5, 5.41) is 12.3. The van der Waals surface area contributed by atoms with Gasteiger partial charge in [0, 0.05) is 23.9 Å². The zero-order valence-corrected chi connectivity index (χ0v) is 14.7. The highest BCUT2D eigenvalue weighted by Gasteiger charge is 2.48. The van der Waals surface area contributed by atoms with E-state index in [0.29, 0.717) is 18.7 Å². The quantitative estimate of drug-likeness (QED) is 0.928. The molecule has 1 atom stereocenters. The molecule has 1 saturated heterocycles. The maximum absolute atomic E-state index is 12.6. The summed E-state index contributed by atoms with van der Waals surface area (Å²) in [7, 11) is 0. The molecule has 0 bridgehead atoms. The summed E-state index contributed by atoms with van der Waals surface area (Å²) in [6, 6.07) is 0. The summed E-state index contributed by atoms with van der Waals surface area (Å²) in [6.07, 6.45) is 0.502. The number of nitrogens with zero attached hydrogens (tertiary/aromatic N) is 2. The van der Waals surface area contributed by atoms with Gasteiger partial charge in [0.05, 0.1) is 10.4 Å². The van der Waals surface area contributed by atoms with Gasteiger partial charge in [-0.25, -0.2) is 4.98 Å². The Balaban J connectivity index is 2.18. The Kier molecular flexibility index (Phi) is 4.35. The average Bonchev–Trinajstić information content (AvgIpc) is 3.05. The molecule has 2 heterocycles. The maximum Gasteiger partial charge on any atom is 0.311 e. The van der Waals surface area contributed by atoms with Crippen molar-refractivity contribution in [3.05, 3.63) is 16.1 Å². The molecule has 0 aliphatic carbocycles. The molecule has 1 unspecified atom stereocenters. The molecule has 1 aliphatic heterocycles. The van der Waals surface area contributed by atoms with Gasteiger partial charge in [-0.2, -0.15) is 0 Å². The van der Waals surface area contributed by atoms with Gasteiger partial charge in [0.2, 0.25) is 0 Å². The van der Waals surface area contributed by atoms with Crippen LogP contribution in [-0.2, 0) is 10.2 Å². The minimum atomic E-state index is -0.835. The highest BCUT2D eigenvalue weighted by atomic mass is 32.1. The number of carbonyl (C=O) groups excluding carboxylic acids is 1. The second-order valence-electron chi connectivity index (χ2n) is 7.38. The first kappa shape index (κ1) is 16.9. The highest BCUT2D eigenvalue weighted by Crippen LogP contribution is 2.38. The molecule has 0 saturated carbocycles. The van der Waals surface area contributed by atoms with E-state index in [2.05, 4.69) is 25.8 Å². The zero-order valence-electron chi connectivity index (χ0n) is 13.8. The van der Waals surface area contributed by atoms with Gasteiger partial charge in [-0.05, 0) is 12.3 Å². The number of aromatic nitrogens is 1. The lowest BCUT2D eigenvalue weighted by molar-refractivity contribution is -0.150. The monoisotopic (exact) mass is 324 g/mol. The van der Waals surface area contributed by atoms with E-state index in [1.165, 1.54) is 11.3 Å². The largest absolute Gasteiger partial charge is 0.481 e. The molecule has 0 radical (unpaired) electrons. The summed E-state index contributed by atoms with van der Waals surface area (Å²) < 4.78 is 0. The lowest BCUT2D eigenvalue weighted by atomic mass is 9.76. The fourth-order valence-corrected chi connectivity index (χ4v) is 3.66. The van der Waals surface area contributed by atoms with Crippen molar-refractivity contribution in [2.75, 3.05) is 13.1 Å². The Hall–Kier alpha value is -1.43. The van der Waals surface area contributed by atoms with Crippen molar-refractivity contribution in [2.45, 2.75) is 46.5 Å². The van der Waals surface area contributed by atoms with E-state index in [1.807, 2.05) is 13.8 Å². The third kappa shape index (κ3) is 2.89. The number of amides is 1. The summed E-state index contributed by atoms with van der Waals surface area (Å²) >= 11 is 1.48. The van der Waals surface area contributed by atoms with Gasteiger partial charge < -0.3 is 10.0 Å². The van der Waals surface area contributed by atoms with E-state index in [0.717, 1.165) is 5.01 Å². The lowest BCUT2D eigenvalue weighted by Gasteiger charge is -2.28. The normalized spacial score (nSPS) is 22.4. The number of likely N-dealkylation sites (tertiary alicyclic amines) is 1. The van der Waals surface area contributed by atoms with Gasteiger partial charge in [0.15, 0.2) is 0 Å². The SMILES string of the molecule is CC(C)C1(C(=O)O)CCN(C(=O)c2csc(C(C)(C)C)n2)C1. The van der Waals surface area contributed by atoms with E-state index < -0.39 is 11.4 Å². The number of aliphatic carboxylic acids is 1. The third-order valence-electron chi connectivity index (χ3n) is 4.48. The van der Waals surface area contributed by atoms with Crippen molar-refractivity contribution in [1.82, 2.24) is 9.88 Å². The van der Waals surface area contributed by atoms with Gasteiger partial charge in [-0.1, -0.05) is 34.6 Å². The van der Waals surface area contributed by atoms with E-state index in [9.17, 15) is 14.7 Å². The van der Waals surface area contributed by atoms with Crippen LogP contribution >= 0.6 is 11.3 Å². The Morgan fingerprint density at radius 1 is 1.41 bits per heavy atom. The average molecular weight is 324 g/mol. The molecule has 0 aromatic carbocycles. The fourth-order valence-electron chi connectivity index (χ4n) is 2.78. The summed E-state index contributed by atoms with van der Waals surface area (Å²) in [6.45, 7) is 10.7. The van der Waals surface area contributed by atoms with Crippen molar-refractivity contribution in [3.8, 4) is 0 Å². The highest BCUT2D eigenvalue weighted by molar-refractivity contribution is 7.10. The van der Waals surface area contributed by atoms with Gasteiger partial charge in [-0.15, -0.1) is 11.3 Å². The molecule has 1 aromatic rings. The lowest BCUT2D eigenvalue weighted by Crippen LogP contribution is -2.40. The third-order valence-corrected chi connectivity index (χ3v) is 5.75. The van der Waals surface area contributed by atoms with Crippen LogP contribution in [0.5, 0.6) is 0 Å². The summed E-state index contributed by atoms with van der Waals surface area (Å²) in [5.74, 6) is -0.981. The van der Waals surface area contributed by atoms with Crippen LogP contribution in [0.1, 0.15) is 56.5 Å². The molecule has 2 rings (SSSR count). The second-order valence-corrected chi connectivity index (χ2v) is 8.24. The molecule has 122 valence electrons. The Labute approximate surface area is 135 Å². The minimum Gasteiger partial charge on any atom is -0.481 e. The summed E-state index contributed by atoms with van der Waals surface area (Å²) in [4.78, 5) is 30.3. The van der Waals surface area contributed by atoms with E-state index in [4.69, 9.17) is 0 Å². The molecule has 1 aliphatic rings. The number of rotatable bonds is 3. The first-order chi connectivity index (χ1) is 10.1. The predicted molar refractivity (Wildman–Crippen MR) is 86.2 cm³/mol. The minimum absolute atomic E-state index is 0.0108. The van der Waals surface area contributed by atoms with Crippen molar-refractivity contribution in [2.24, 2.45) is 11.3 Å². The van der Waals surface area contributed by atoms with E-state index >= 15 is 0 Å².